The van der Waals surface area contributed by atoms with E-state index in [0.29, 0.717) is 28.3 Å². The zero-order chi connectivity index (χ0) is 19.9. The molecule has 1 aromatic carbocycles. The van der Waals surface area contributed by atoms with Gasteiger partial charge >= 0.3 is 0 Å². The Kier molecular flexibility index (Phi) is 7.08. The van der Waals surface area contributed by atoms with Crippen molar-refractivity contribution in [1.82, 2.24) is 25.4 Å². The Morgan fingerprint density at radius 1 is 1.18 bits per heavy atom. The van der Waals surface area contributed by atoms with Gasteiger partial charge in [-0.25, -0.2) is 0 Å². The van der Waals surface area contributed by atoms with Crippen molar-refractivity contribution >= 4 is 23.6 Å². The summed E-state index contributed by atoms with van der Waals surface area (Å²) in [6.45, 7) is 1.87. The summed E-state index contributed by atoms with van der Waals surface area (Å²) in [6, 6.07) is 9.08. The van der Waals surface area contributed by atoms with Gasteiger partial charge in [0.05, 0.1) is 11.8 Å². The van der Waals surface area contributed by atoms with Crippen molar-refractivity contribution in [2.75, 3.05) is 5.75 Å². The summed E-state index contributed by atoms with van der Waals surface area (Å²) in [6.07, 6.45) is 5.79. The fourth-order valence-electron chi connectivity index (χ4n) is 3.41. The van der Waals surface area contributed by atoms with Crippen LogP contribution in [-0.4, -0.2) is 38.4 Å². The van der Waals surface area contributed by atoms with Crippen LogP contribution in [0.5, 0.6) is 0 Å². The van der Waals surface area contributed by atoms with Gasteiger partial charge in [-0.1, -0.05) is 49.2 Å². The monoisotopic (exact) mass is 401 g/mol. The largest absolute Gasteiger partial charge is 0.353 e. The first-order valence-electron chi connectivity index (χ1n) is 9.72. The standard InChI is InChI=1S/C20H27N5O2S/c1-14(21-19(27)15-9-5-3-6-10-15)18-23-24-20(25(18)2)28-13-17(26)22-16-11-7-4-8-12-16/h3,5-6,9-10,14,16H,4,7-8,11-13H2,1-2H3,(H,21,27)(H,22,26)/t14-/m1/s1. The molecular weight excluding hydrogens is 374 g/mol. The summed E-state index contributed by atoms with van der Waals surface area (Å²) in [4.78, 5) is 24.5. The number of carbonyl (C=O) groups is 2. The van der Waals surface area contributed by atoms with Crippen molar-refractivity contribution in [3.63, 3.8) is 0 Å². The van der Waals surface area contributed by atoms with E-state index in [2.05, 4.69) is 20.8 Å². The molecule has 0 spiro atoms. The second-order valence-electron chi connectivity index (χ2n) is 7.15. The van der Waals surface area contributed by atoms with Crippen molar-refractivity contribution in [2.45, 2.75) is 56.3 Å². The minimum Gasteiger partial charge on any atom is -0.353 e. The number of hydrogen-bond acceptors (Lipinski definition) is 5. The molecule has 0 unspecified atom stereocenters. The molecule has 1 aliphatic carbocycles. The van der Waals surface area contributed by atoms with Crippen LogP contribution in [0.25, 0.3) is 0 Å². The van der Waals surface area contributed by atoms with Gasteiger partial charge in [0.15, 0.2) is 11.0 Å². The van der Waals surface area contributed by atoms with Gasteiger partial charge in [0.2, 0.25) is 5.91 Å². The van der Waals surface area contributed by atoms with Crippen molar-refractivity contribution in [1.29, 1.82) is 0 Å². The predicted octanol–water partition coefficient (Wildman–Crippen LogP) is 2.85. The molecule has 2 N–H and O–H groups in total. The average molecular weight is 402 g/mol. The van der Waals surface area contributed by atoms with Crippen LogP contribution >= 0.6 is 11.8 Å². The molecule has 0 aliphatic heterocycles. The number of nitrogens with one attached hydrogen (secondary N) is 2. The molecule has 1 fully saturated rings. The van der Waals surface area contributed by atoms with E-state index in [1.165, 1.54) is 31.0 Å². The fourth-order valence-corrected chi connectivity index (χ4v) is 4.14. The first-order valence-corrected chi connectivity index (χ1v) is 10.7. The van der Waals surface area contributed by atoms with E-state index in [0.717, 1.165) is 12.8 Å². The third-order valence-electron chi connectivity index (χ3n) is 4.94. The Balaban J connectivity index is 1.52. The average Bonchev–Trinajstić information content (AvgIpc) is 3.08. The molecule has 0 radical (unpaired) electrons. The number of carbonyl (C=O) groups excluding carboxylic acids is 2. The molecule has 8 heteroatoms. The lowest BCUT2D eigenvalue weighted by Gasteiger charge is -2.22. The van der Waals surface area contributed by atoms with E-state index < -0.39 is 0 Å². The van der Waals surface area contributed by atoms with Gasteiger partial charge in [0, 0.05) is 18.7 Å². The van der Waals surface area contributed by atoms with E-state index in [9.17, 15) is 9.59 Å². The summed E-state index contributed by atoms with van der Waals surface area (Å²) in [5.41, 5.74) is 0.602. The van der Waals surface area contributed by atoms with Gasteiger partial charge in [-0.15, -0.1) is 10.2 Å². The van der Waals surface area contributed by atoms with E-state index in [-0.39, 0.29) is 17.9 Å². The molecule has 1 atom stereocenters. The highest BCUT2D eigenvalue weighted by Crippen LogP contribution is 2.20. The van der Waals surface area contributed by atoms with Crippen LogP contribution in [-0.2, 0) is 11.8 Å². The highest BCUT2D eigenvalue weighted by atomic mass is 32.2. The molecular formula is C20H27N5O2S. The third kappa shape index (κ3) is 5.34. The Hall–Kier alpha value is -2.35. The first-order chi connectivity index (χ1) is 13.5. The maximum atomic E-state index is 12.3. The highest BCUT2D eigenvalue weighted by molar-refractivity contribution is 7.99. The quantitative estimate of drug-likeness (QED) is 0.697. The number of benzene rings is 1. The second-order valence-corrected chi connectivity index (χ2v) is 8.09. The maximum absolute atomic E-state index is 12.3. The van der Waals surface area contributed by atoms with Gasteiger partial charge < -0.3 is 15.2 Å². The number of thioether (sulfide) groups is 1. The van der Waals surface area contributed by atoms with Crippen LogP contribution in [0.2, 0.25) is 0 Å². The summed E-state index contributed by atoms with van der Waals surface area (Å²) < 4.78 is 1.83. The van der Waals surface area contributed by atoms with Gasteiger partial charge in [-0.05, 0) is 31.9 Å². The second kappa shape index (κ2) is 9.73. The molecule has 0 saturated heterocycles. The number of rotatable bonds is 7. The summed E-state index contributed by atoms with van der Waals surface area (Å²) in [5.74, 6) is 0.844. The van der Waals surface area contributed by atoms with Crippen molar-refractivity contribution < 1.29 is 9.59 Å². The van der Waals surface area contributed by atoms with E-state index in [1.807, 2.05) is 36.7 Å². The normalized spacial score (nSPS) is 15.8. The first kappa shape index (κ1) is 20.4. The van der Waals surface area contributed by atoms with Crippen LogP contribution in [0, 0.1) is 0 Å². The molecule has 2 aromatic rings. The van der Waals surface area contributed by atoms with Crippen molar-refractivity contribution in [3.8, 4) is 0 Å². The molecule has 0 bridgehead atoms. The number of amides is 2. The molecule has 28 heavy (non-hydrogen) atoms. The summed E-state index contributed by atoms with van der Waals surface area (Å²) in [5, 5.41) is 15.1. The zero-order valence-electron chi connectivity index (χ0n) is 16.4. The van der Waals surface area contributed by atoms with Crippen LogP contribution in [0.4, 0.5) is 0 Å². The van der Waals surface area contributed by atoms with Gasteiger partial charge in [0.25, 0.3) is 5.91 Å². The van der Waals surface area contributed by atoms with Crippen LogP contribution in [0.15, 0.2) is 35.5 Å². The number of nitrogens with zero attached hydrogens (tertiary/aromatic N) is 3. The highest BCUT2D eigenvalue weighted by Gasteiger charge is 2.20. The lowest BCUT2D eigenvalue weighted by Crippen LogP contribution is -2.37. The molecule has 1 aromatic heterocycles. The molecule has 3 rings (SSSR count). The number of aromatic nitrogens is 3. The maximum Gasteiger partial charge on any atom is 0.251 e. The van der Waals surface area contributed by atoms with E-state index in [4.69, 9.17) is 0 Å². The molecule has 2 amide bonds. The minimum atomic E-state index is -0.296. The molecule has 1 aliphatic rings. The lowest BCUT2D eigenvalue weighted by atomic mass is 9.95. The van der Waals surface area contributed by atoms with Crippen molar-refractivity contribution in [3.05, 3.63) is 41.7 Å². The van der Waals surface area contributed by atoms with Crippen LogP contribution in [0.3, 0.4) is 0 Å². The molecule has 7 nitrogen and oxygen atoms in total. The molecule has 1 saturated carbocycles. The van der Waals surface area contributed by atoms with Crippen LogP contribution < -0.4 is 10.6 Å². The summed E-state index contributed by atoms with van der Waals surface area (Å²) in [7, 11) is 1.85. The predicted molar refractivity (Wildman–Crippen MR) is 109 cm³/mol. The van der Waals surface area contributed by atoms with E-state index >= 15 is 0 Å². The smallest absolute Gasteiger partial charge is 0.251 e. The van der Waals surface area contributed by atoms with Gasteiger partial charge in [-0.3, -0.25) is 9.59 Å². The minimum absolute atomic E-state index is 0.0341. The SMILES string of the molecule is C[C@@H](NC(=O)c1ccccc1)c1nnc(SCC(=O)NC2CCCCC2)n1C. The van der Waals surface area contributed by atoms with Gasteiger partial charge in [0.1, 0.15) is 0 Å². The fraction of sp³-hybridized carbons (Fsp3) is 0.500. The summed E-state index contributed by atoms with van der Waals surface area (Å²) >= 11 is 1.36. The molecule has 1 heterocycles. The lowest BCUT2D eigenvalue weighted by molar-refractivity contribution is -0.119. The van der Waals surface area contributed by atoms with Crippen molar-refractivity contribution in [2.24, 2.45) is 7.05 Å². The Morgan fingerprint density at radius 3 is 2.61 bits per heavy atom. The number of hydrogen-bond donors (Lipinski definition) is 2. The molecule has 150 valence electrons. The third-order valence-corrected chi connectivity index (χ3v) is 5.96. The van der Waals surface area contributed by atoms with Gasteiger partial charge in [-0.2, -0.15) is 0 Å². The Bertz CT molecular complexity index is 802. The van der Waals surface area contributed by atoms with Crippen LogP contribution in [0.1, 0.15) is 61.3 Å². The Morgan fingerprint density at radius 2 is 1.89 bits per heavy atom. The topological polar surface area (TPSA) is 88.9 Å². The Labute approximate surface area is 169 Å². The van der Waals surface area contributed by atoms with E-state index in [1.54, 1.807) is 12.1 Å². The zero-order valence-corrected chi connectivity index (χ0v) is 17.2.